The number of nitrogens with zero attached hydrogens (tertiary/aromatic N) is 5. The molecule has 4 aromatic rings. The molecule has 0 amide bonds. The second-order valence-electron chi connectivity index (χ2n) is 9.29. The van der Waals surface area contributed by atoms with Crippen LogP contribution in [0, 0.1) is 5.92 Å². The average Bonchev–Trinajstić information content (AvgIpc) is 3.57. The largest absolute Gasteiger partial charge is 0.481 e. The lowest BCUT2D eigenvalue weighted by Crippen LogP contribution is -2.40. The van der Waals surface area contributed by atoms with Gasteiger partial charge in [0.25, 0.3) is 5.89 Å². The number of alkyl halides is 3. The summed E-state index contributed by atoms with van der Waals surface area (Å²) in [7, 11) is 0. The van der Waals surface area contributed by atoms with E-state index < -0.39 is 29.9 Å². The van der Waals surface area contributed by atoms with Crippen LogP contribution in [0.25, 0.3) is 28.5 Å². The SMILES string of the molecule is O=C(O)[C@H]1CCCN(C[C@H](O)c2ccc(-c3noc(-c4cnn(-c5ccc(Cl)cc5)c4C(F)(F)F)n3)cc2)C1. The minimum atomic E-state index is -4.77. The van der Waals surface area contributed by atoms with Crippen molar-refractivity contribution in [2.24, 2.45) is 5.92 Å². The Balaban J connectivity index is 1.34. The summed E-state index contributed by atoms with van der Waals surface area (Å²) in [5.41, 5.74) is -0.201. The van der Waals surface area contributed by atoms with Crippen molar-refractivity contribution in [3.63, 3.8) is 0 Å². The summed E-state index contributed by atoms with van der Waals surface area (Å²) in [6, 6.07) is 12.3. The number of aliphatic hydroxyl groups excluding tert-OH is 1. The molecule has 1 aliphatic rings. The Bertz CT molecular complexity index is 1450. The number of carboxylic acids is 1. The zero-order valence-electron chi connectivity index (χ0n) is 20.3. The molecule has 39 heavy (non-hydrogen) atoms. The van der Waals surface area contributed by atoms with Crippen molar-refractivity contribution < 1.29 is 32.7 Å². The topological polar surface area (TPSA) is 118 Å². The molecule has 3 heterocycles. The van der Waals surface area contributed by atoms with E-state index in [0.29, 0.717) is 35.7 Å². The Morgan fingerprint density at radius 2 is 1.87 bits per heavy atom. The van der Waals surface area contributed by atoms with Crippen LogP contribution in [0.15, 0.2) is 59.3 Å². The molecule has 2 aromatic heterocycles. The van der Waals surface area contributed by atoms with E-state index in [1.54, 1.807) is 24.3 Å². The van der Waals surface area contributed by atoms with E-state index >= 15 is 0 Å². The minimum Gasteiger partial charge on any atom is -0.481 e. The zero-order valence-corrected chi connectivity index (χ0v) is 21.1. The van der Waals surface area contributed by atoms with Gasteiger partial charge in [-0.15, -0.1) is 0 Å². The van der Waals surface area contributed by atoms with Crippen LogP contribution in [0.1, 0.15) is 30.2 Å². The molecule has 2 atom stereocenters. The fraction of sp³-hybridized carbons (Fsp3) is 0.308. The number of likely N-dealkylation sites (tertiary alicyclic amines) is 1. The van der Waals surface area contributed by atoms with E-state index in [2.05, 4.69) is 15.2 Å². The molecular formula is C26H23ClF3N5O4. The highest BCUT2D eigenvalue weighted by atomic mass is 35.5. The van der Waals surface area contributed by atoms with Gasteiger partial charge in [0, 0.05) is 23.7 Å². The highest BCUT2D eigenvalue weighted by Gasteiger charge is 2.40. The fourth-order valence-corrected chi connectivity index (χ4v) is 4.76. The Kier molecular flexibility index (Phi) is 7.43. The standard InChI is InChI=1S/C26H23ClF3N5O4/c27-18-7-9-19(10-8-18)35-22(26(28,29)30)20(12-31-35)24-32-23(33-39-24)16-5-3-15(4-6-16)21(36)14-34-11-1-2-17(13-34)25(37)38/h3-10,12,17,21,36H,1-2,11,13-14H2,(H,37,38)/t17-,21-/m0/s1. The van der Waals surface area contributed by atoms with Crippen molar-refractivity contribution in [2.45, 2.75) is 25.1 Å². The summed E-state index contributed by atoms with van der Waals surface area (Å²) in [5, 5.41) is 28.0. The average molecular weight is 562 g/mol. The molecule has 5 rings (SSSR count). The molecule has 9 nitrogen and oxygen atoms in total. The van der Waals surface area contributed by atoms with Gasteiger partial charge in [0.05, 0.1) is 29.5 Å². The number of aliphatic hydroxyl groups is 1. The van der Waals surface area contributed by atoms with E-state index in [1.165, 1.54) is 24.3 Å². The van der Waals surface area contributed by atoms with Crippen molar-refractivity contribution in [1.82, 2.24) is 24.8 Å². The molecule has 0 bridgehead atoms. The van der Waals surface area contributed by atoms with Crippen LogP contribution in [-0.2, 0) is 11.0 Å². The molecule has 2 N–H and O–H groups in total. The van der Waals surface area contributed by atoms with Crippen molar-refractivity contribution in [1.29, 1.82) is 0 Å². The third kappa shape index (κ3) is 5.82. The van der Waals surface area contributed by atoms with Crippen LogP contribution in [0.5, 0.6) is 0 Å². The van der Waals surface area contributed by atoms with E-state index in [4.69, 9.17) is 16.1 Å². The Labute approximate surface area is 225 Å². The van der Waals surface area contributed by atoms with Gasteiger partial charge in [0.2, 0.25) is 5.82 Å². The number of rotatable bonds is 7. The van der Waals surface area contributed by atoms with Gasteiger partial charge < -0.3 is 14.7 Å². The zero-order chi connectivity index (χ0) is 27.7. The van der Waals surface area contributed by atoms with Crippen molar-refractivity contribution in [3.8, 4) is 28.5 Å². The van der Waals surface area contributed by atoms with Crippen LogP contribution in [-0.4, -0.2) is 60.6 Å². The fourth-order valence-electron chi connectivity index (χ4n) is 4.63. The highest BCUT2D eigenvalue weighted by molar-refractivity contribution is 6.30. The van der Waals surface area contributed by atoms with Gasteiger partial charge >= 0.3 is 12.1 Å². The van der Waals surface area contributed by atoms with Gasteiger partial charge in [-0.2, -0.15) is 23.3 Å². The smallest absolute Gasteiger partial charge is 0.434 e. The normalized spacial score (nSPS) is 17.3. The summed E-state index contributed by atoms with van der Waals surface area (Å²) in [6.07, 6.45) is -3.23. The number of aromatic nitrogens is 4. The van der Waals surface area contributed by atoms with Gasteiger partial charge in [-0.25, -0.2) is 4.68 Å². The van der Waals surface area contributed by atoms with Crippen molar-refractivity contribution in [2.75, 3.05) is 19.6 Å². The number of hydrogen-bond acceptors (Lipinski definition) is 7. The molecule has 1 aliphatic heterocycles. The molecule has 0 radical (unpaired) electrons. The third-order valence-corrected chi connectivity index (χ3v) is 6.86. The summed E-state index contributed by atoms with van der Waals surface area (Å²) >= 11 is 5.86. The van der Waals surface area contributed by atoms with E-state index in [0.717, 1.165) is 17.3 Å². The molecule has 13 heteroatoms. The van der Waals surface area contributed by atoms with Gasteiger partial charge in [-0.3, -0.25) is 9.69 Å². The molecule has 1 fully saturated rings. The predicted octanol–water partition coefficient (Wildman–Crippen LogP) is 5.09. The monoisotopic (exact) mass is 561 g/mol. The van der Waals surface area contributed by atoms with Gasteiger partial charge in [-0.1, -0.05) is 41.0 Å². The number of halogens is 4. The first-order valence-electron chi connectivity index (χ1n) is 12.1. The lowest BCUT2D eigenvalue weighted by atomic mass is 9.97. The Morgan fingerprint density at radius 1 is 1.15 bits per heavy atom. The number of aliphatic carboxylic acids is 1. The highest BCUT2D eigenvalue weighted by Crippen LogP contribution is 2.38. The molecule has 0 saturated carbocycles. The summed E-state index contributed by atoms with van der Waals surface area (Å²) in [4.78, 5) is 17.4. The van der Waals surface area contributed by atoms with Crippen LogP contribution in [0.4, 0.5) is 13.2 Å². The number of β-amino-alcohol motifs (C(OH)–C–C–N with tert-alkyl or cyclic N) is 1. The maximum absolute atomic E-state index is 14.0. The maximum Gasteiger partial charge on any atom is 0.434 e. The van der Waals surface area contributed by atoms with E-state index in [9.17, 15) is 28.2 Å². The first kappa shape index (κ1) is 26.9. The molecular weight excluding hydrogens is 539 g/mol. The maximum atomic E-state index is 14.0. The quantitative estimate of drug-likeness (QED) is 0.320. The summed E-state index contributed by atoms with van der Waals surface area (Å²) in [5.74, 6) is -1.56. The van der Waals surface area contributed by atoms with Crippen LogP contribution >= 0.6 is 11.6 Å². The molecule has 0 unspecified atom stereocenters. The first-order valence-corrected chi connectivity index (χ1v) is 12.5. The van der Waals surface area contributed by atoms with Crippen molar-refractivity contribution >= 4 is 17.6 Å². The second-order valence-corrected chi connectivity index (χ2v) is 9.73. The minimum absolute atomic E-state index is 0.0683. The first-order chi connectivity index (χ1) is 18.6. The third-order valence-electron chi connectivity index (χ3n) is 6.60. The summed E-state index contributed by atoms with van der Waals surface area (Å²) in [6.45, 7) is 1.37. The lowest BCUT2D eigenvalue weighted by Gasteiger charge is -2.32. The van der Waals surface area contributed by atoms with Crippen LogP contribution < -0.4 is 0 Å². The Hall–Kier alpha value is -3.74. The lowest BCUT2D eigenvalue weighted by molar-refractivity contribution is -0.144. The molecule has 0 aliphatic carbocycles. The molecule has 204 valence electrons. The number of hydrogen-bond donors (Lipinski definition) is 2. The van der Waals surface area contributed by atoms with Gasteiger partial charge in [-0.05, 0) is 49.2 Å². The summed E-state index contributed by atoms with van der Waals surface area (Å²) < 4.78 is 48.0. The van der Waals surface area contributed by atoms with Gasteiger partial charge in [0.15, 0.2) is 5.69 Å². The predicted molar refractivity (Wildman–Crippen MR) is 134 cm³/mol. The molecule has 1 saturated heterocycles. The van der Waals surface area contributed by atoms with E-state index in [-0.39, 0.29) is 29.5 Å². The van der Waals surface area contributed by atoms with Gasteiger partial charge in [0.1, 0.15) is 0 Å². The Morgan fingerprint density at radius 3 is 2.54 bits per heavy atom. The number of benzene rings is 2. The van der Waals surface area contributed by atoms with Crippen LogP contribution in [0.2, 0.25) is 5.02 Å². The number of carboxylic acid groups (broad SMARTS) is 1. The number of piperidine rings is 1. The second kappa shape index (κ2) is 10.8. The molecule has 2 aromatic carbocycles. The van der Waals surface area contributed by atoms with Crippen molar-refractivity contribution in [3.05, 3.63) is 71.0 Å². The number of carbonyl (C=O) groups is 1. The van der Waals surface area contributed by atoms with E-state index in [1.807, 2.05) is 4.90 Å². The van der Waals surface area contributed by atoms with Crippen LogP contribution in [0.3, 0.4) is 0 Å². The molecule has 0 spiro atoms.